The van der Waals surface area contributed by atoms with Gasteiger partial charge in [-0.25, -0.2) is 0 Å². The summed E-state index contributed by atoms with van der Waals surface area (Å²) in [6.07, 6.45) is 1.01. The van der Waals surface area contributed by atoms with Gasteiger partial charge in [0.05, 0.1) is 11.8 Å². The molecule has 0 aromatic carbocycles. The normalized spacial score (nSPS) is 8.50. The zero-order valence-corrected chi connectivity index (χ0v) is 6.13. The highest BCUT2D eigenvalue weighted by Gasteiger charge is 1.84. The van der Waals surface area contributed by atoms with Gasteiger partial charge in [-0.1, -0.05) is 0 Å². The fraction of sp³-hybridized carbons (Fsp3) is 0.800. The van der Waals surface area contributed by atoms with E-state index < -0.39 is 0 Å². The Labute approximate surface area is 59.0 Å². The summed E-state index contributed by atoms with van der Waals surface area (Å²) in [5.41, 5.74) is 0. The smallest absolute Gasteiger partial charge is 0.0808 e. The molecule has 0 radical (unpaired) electrons. The van der Waals surface area contributed by atoms with Crippen LogP contribution < -0.4 is 0 Å². The molecule has 0 N–H and O–H groups in total. The molecule has 0 aromatic heterocycles. The van der Waals surface area contributed by atoms with Gasteiger partial charge in [-0.2, -0.15) is 5.26 Å². The fourth-order valence-electron chi connectivity index (χ4n) is 0.274. The van der Waals surface area contributed by atoms with Crippen LogP contribution in [0.25, 0.3) is 0 Å². The highest BCUT2D eigenvalue weighted by atomic mass is 35.5. The molecule has 0 saturated heterocycles. The summed E-state index contributed by atoms with van der Waals surface area (Å²) in [6, 6.07) is 2.05. The van der Waals surface area contributed by atoms with Gasteiger partial charge in [0.1, 0.15) is 0 Å². The minimum atomic E-state index is 0.594. The van der Waals surface area contributed by atoms with E-state index in [9.17, 15) is 0 Å². The van der Waals surface area contributed by atoms with E-state index in [2.05, 4.69) is 0 Å². The van der Waals surface area contributed by atoms with E-state index in [-0.39, 0.29) is 0 Å². The molecule has 0 spiro atoms. The van der Waals surface area contributed by atoms with Crippen LogP contribution in [0.5, 0.6) is 0 Å². The fourth-order valence-corrected chi connectivity index (χ4v) is 1.15. The molecule has 3 heteroatoms. The van der Waals surface area contributed by atoms with E-state index >= 15 is 0 Å². The third-order valence-electron chi connectivity index (χ3n) is 0.589. The maximum Gasteiger partial charge on any atom is 0.0808 e. The first-order valence-corrected chi connectivity index (χ1v) is 4.11. The molecular formula is C5H8ClNS. The van der Waals surface area contributed by atoms with E-state index in [1.807, 2.05) is 6.07 Å². The van der Waals surface area contributed by atoms with Crippen LogP contribution in [0.4, 0.5) is 0 Å². The first kappa shape index (κ1) is 8.13. The third-order valence-corrected chi connectivity index (χ3v) is 1.77. The number of hydrogen-bond donors (Lipinski definition) is 0. The quantitative estimate of drug-likeness (QED) is 0.450. The van der Waals surface area contributed by atoms with Gasteiger partial charge in [0.2, 0.25) is 0 Å². The lowest BCUT2D eigenvalue weighted by Gasteiger charge is -1.88. The monoisotopic (exact) mass is 149 g/mol. The topological polar surface area (TPSA) is 23.8 Å². The second kappa shape index (κ2) is 7.13. The molecule has 0 unspecified atom stereocenters. The lowest BCUT2D eigenvalue weighted by Crippen LogP contribution is -1.80. The highest BCUT2D eigenvalue weighted by Crippen LogP contribution is 2.00. The van der Waals surface area contributed by atoms with Crippen LogP contribution >= 0.6 is 23.4 Å². The predicted molar refractivity (Wildman–Crippen MR) is 38.3 cm³/mol. The Morgan fingerprint density at radius 1 is 1.62 bits per heavy atom. The number of nitriles is 1. The van der Waals surface area contributed by atoms with Crippen molar-refractivity contribution in [2.45, 2.75) is 6.42 Å². The number of alkyl halides is 1. The lowest BCUT2D eigenvalue weighted by molar-refractivity contribution is 1.12. The molecule has 0 atom stereocenters. The van der Waals surface area contributed by atoms with Crippen molar-refractivity contribution in [2.75, 3.05) is 17.4 Å². The summed E-state index contributed by atoms with van der Waals surface area (Å²) in [7, 11) is 0. The summed E-state index contributed by atoms with van der Waals surface area (Å²) in [5, 5.41) is 8.06. The third kappa shape index (κ3) is 6.13. The second-order valence-electron chi connectivity index (χ2n) is 1.25. The first-order chi connectivity index (χ1) is 3.91. The van der Waals surface area contributed by atoms with Crippen LogP contribution in [0.3, 0.4) is 0 Å². The SMILES string of the molecule is N#CCSCCCCl. The number of rotatable bonds is 4. The Morgan fingerprint density at radius 3 is 2.88 bits per heavy atom. The molecule has 8 heavy (non-hydrogen) atoms. The summed E-state index contributed by atoms with van der Waals surface area (Å²) >= 11 is 7.02. The summed E-state index contributed by atoms with van der Waals surface area (Å²) in [6.45, 7) is 0. The Hall–Kier alpha value is 0.130. The Morgan fingerprint density at radius 2 is 2.38 bits per heavy atom. The Balaban J connectivity index is 2.65. The first-order valence-electron chi connectivity index (χ1n) is 2.42. The standard InChI is InChI=1S/C5H8ClNS/c6-2-1-4-8-5-3-7/h1-2,4-5H2. The average molecular weight is 150 g/mol. The second-order valence-corrected chi connectivity index (χ2v) is 2.74. The summed E-state index contributed by atoms with van der Waals surface area (Å²) in [4.78, 5) is 0. The molecule has 1 nitrogen and oxygen atoms in total. The minimum absolute atomic E-state index is 0.594. The predicted octanol–water partition coefficient (Wildman–Crippen LogP) is 1.87. The van der Waals surface area contributed by atoms with Crippen LogP contribution in [0, 0.1) is 11.3 Å². The van der Waals surface area contributed by atoms with Gasteiger partial charge in [-0.3, -0.25) is 0 Å². The van der Waals surface area contributed by atoms with Crippen LogP contribution in [0.2, 0.25) is 0 Å². The molecule has 0 amide bonds. The molecule has 46 valence electrons. The largest absolute Gasteiger partial charge is 0.197 e. The van der Waals surface area contributed by atoms with Crippen molar-refractivity contribution in [3.8, 4) is 6.07 Å². The van der Waals surface area contributed by atoms with Gasteiger partial charge in [0.15, 0.2) is 0 Å². The molecule has 0 fully saturated rings. The lowest BCUT2D eigenvalue weighted by atomic mass is 10.6. The molecule has 0 bridgehead atoms. The Kier molecular flexibility index (Phi) is 7.25. The van der Waals surface area contributed by atoms with Crippen LogP contribution in [-0.4, -0.2) is 17.4 Å². The molecule has 0 aliphatic heterocycles. The minimum Gasteiger partial charge on any atom is -0.197 e. The van der Waals surface area contributed by atoms with Crippen molar-refractivity contribution in [3.63, 3.8) is 0 Å². The molecule has 0 heterocycles. The van der Waals surface area contributed by atoms with Crippen molar-refractivity contribution in [1.29, 1.82) is 5.26 Å². The van der Waals surface area contributed by atoms with Gasteiger partial charge in [0, 0.05) is 5.88 Å². The van der Waals surface area contributed by atoms with E-state index in [0.717, 1.165) is 12.2 Å². The molecular weight excluding hydrogens is 142 g/mol. The molecule has 0 aromatic rings. The van der Waals surface area contributed by atoms with Gasteiger partial charge < -0.3 is 0 Å². The molecule has 0 rings (SSSR count). The van der Waals surface area contributed by atoms with Crippen molar-refractivity contribution in [1.82, 2.24) is 0 Å². The highest BCUT2D eigenvalue weighted by molar-refractivity contribution is 7.99. The zero-order chi connectivity index (χ0) is 6.24. The van der Waals surface area contributed by atoms with E-state index in [1.54, 1.807) is 11.8 Å². The van der Waals surface area contributed by atoms with Gasteiger partial charge in [0.25, 0.3) is 0 Å². The maximum atomic E-state index is 8.06. The van der Waals surface area contributed by atoms with Crippen LogP contribution in [0.1, 0.15) is 6.42 Å². The van der Waals surface area contributed by atoms with Crippen molar-refractivity contribution < 1.29 is 0 Å². The van der Waals surface area contributed by atoms with Gasteiger partial charge in [-0.05, 0) is 12.2 Å². The maximum absolute atomic E-state index is 8.06. The van der Waals surface area contributed by atoms with Crippen molar-refractivity contribution in [3.05, 3.63) is 0 Å². The number of thioether (sulfide) groups is 1. The van der Waals surface area contributed by atoms with E-state index in [4.69, 9.17) is 16.9 Å². The zero-order valence-electron chi connectivity index (χ0n) is 4.56. The van der Waals surface area contributed by atoms with E-state index in [0.29, 0.717) is 11.6 Å². The number of nitrogens with zero attached hydrogens (tertiary/aromatic N) is 1. The van der Waals surface area contributed by atoms with Crippen LogP contribution in [-0.2, 0) is 0 Å². The molecule has 0 saturated carbocycles. The number of halogens is 1. The molecule has 0 aliphatic rings. The van der Waals surface area contributed by atoms with Crippen molar-refractivity contribution >= 4 is 23.4 Å². The van der Waals surface area contributed by atoms with Gasteiger partial charge in [-0.15, -0.1) is 23.4 Å². The Bertz CT molecular complexity index is 79.0. The van der Waals surface area contributed by atoms with E-state index in [1.165, 1.54) is 0 Å². The summed E-state index contributed by atoms with van der Waals surface area (Å²) in [5.74, 6) is 2.31. The van der Waals surface area contributed by atoms with Crippen molar-refractivity contribution in [2.24, 2.45) is 0 Å². The number of hydrogen-bond acceptors (Lipinski definition) is 2. The van der Waals surface area contributed by atoms with Gasteiger partial charge >= 0.3 is 0 Å². The summed E-state index contributed by atoms with van der Waals surface area (Å²) < 4.78 is 0. The molecule has 0 aliphatic carbocycles. The average Bonchev–Trinajstić information content (AvgIpc) is 1.81. The van der Waals surface area contributed by atoms with Crippen LogP contribution in [0.15, 0.2) is 0 Å².